The standard InChI is InChI=1S/C19H18N6O2/c20-18-17(16(23-19(21)24-18)14-6-2-1-3-7-14)22-12-4-5-13-8-10-15(11-9-13)25(26)27/h1-11,22H,12H2,(H4,20,21,23,24)/b5-4-. The van der Waals surface area contributed by atoms with Gasteiger partial charge in [0.15, 0.2) is 5.82 Å². The zero-order chi connectivity index (χ0) is 19.2. The van der Waals surface area contributed by atoms with Crippen molar-refractivity contribution < 1.29 is 4.92 Å². The van der Waals surface area contributed by atoms with Gasteiger partial charge in [0, 0.05) is 24.2 Å². The number of nitrogen functional groups attached to an aromatic ring is 2. The quantitative estimate of drug-likeness (QED) is 0.452. The Morgan fingerprint density at radius 1 is 1.04 bits per heavy atom. The zero-order valence-electron chi connectivity index (χ0n) is 14.4. The molecule has 0 saturated heterocycles. The molecule has 136 valence electrons. The monoisotopic (exact) mass is 362 g/mol. The molecule has 0 spiro atoms. The number of nitro benzene ring substituents is 1. The van der Waals surface area contributed by atoms with Crippen LogP contribution in [0.25, 0.3) is 17.3 Å². The number of nitro groups is 1. The van der Waals surface area contributed by atoms with Gasteiger partial charge in [-0.05, 0) is 17.7 Å². The number of anilines is 3. The van der Waals surface area contributed by atoms with Crippen LogP contribution >= 0.6 is 0 Å². The molecule has 3 aromatic rings. The first-order chi connectivity index (χ1) is 13.0. The fraction of sp³-hybridized carbons (Fsp3) is 0.0526. The molecule has 2 aromatic carbocycles. The summed E-state index contributed by atoms with van der Waals surface area (Å²) in [5.74, 6) is 0.378. The molecule has 0 aliphatic heterocycles. The molecule has 8 nitrogen and oxygen atoms in total. The lowest BCUT2D eigenvalue weighted by atomic mass is 10.1. The van der Waals surface area contributed by atoms with E-state index in [-0.39, 0.29) is 17.5 Å². The first-order valence-corrected chi connectivity index (χ1v) is 8.18. The van der Waals surface area contributed by atoms with Gasteiger partial charge in [-0.25, -0.2) is 4.98 Å². The molecular weight excluding hydrogens is 344 g/mol. The van der Waals surface area contributed by atoms with Gasteiger partial charge in [0.05, 0.1) is 4.92 Å². The number of nitrogens with two attached hydrogens (primary N) is 2. The van der Waals surface area contributed by atoms with E-state index in [1.807, 2.05) is 42.5 Å². The molecule has 0 unspecified atom stereocenters. The summed E-state index contributed by atoms with van der Waals surface area (Å²) >= 11 is 0. The Morgan fingerprint density at radius 2 is 1.74 bits per heavy atom. The van der Waals surface area contributed by atoms with Gasteiger partial charge >= 0.3 is 0 Å². The second-order valence-electron chi connectivity index (χ2n) is 5.69. The maximum Gasteiger partial charge on any atom is 0.269 e. The summed E-state index contributed by atoms with van der Waals surface area (Å²) in [6.07, 6.45) is 3.74. The summed E-state index contributed by atoms with van der Waals surface area (Å²) in [5, 5.41) is 13.9. The fourth-order valence-corrected chi connectivity index (χ4v) is 2.54. The predicted molar refractivity (Wildman–Crippen MR) is 107 cm³/mol. The highest BCUT2D eigenvalue weighted by Gasteiger charge is 2.12. The van der Waals surface area contributed by atoms with E-state index in [1.54, 1.807) is 12.1 Å². The van der Waals surface area contributed by atoms with Crippen LogP contribution in [0.3, 0.4) is 0 Å². The Morgan fingerprint density at radius 3 is 2.41 bits per heavy atom. The van der Waals surface area contributed by atoms with Crippen molar-refractivity contribution in [1.82, 2.24) is 9.97 Å². The van der Waals surface area contributed by atoms with Gasteiger partial charge in [-0.15, -0.1) is 0 Å². The molecule has 0 amide bonds. The Balaban J connectivity index is 1.75. The van der Waals surface area contributed by atoms with E-state index in [1.165, 1.54) is 12.1 Å². The molecule has 1 aromatic heterocycles. The SMILES string of the molecule is Nc1nc(N)c(NC/C=C\c2ccc([N+](=O)[O-])cc2)c(-c2ccccc2)n1. The molecule has 8 heteroatoms. The minimum atomic E-state index is -0.427. The summed E-state index contributed by atoms with van der Waals surface area (Å²) in [7, 11) is 0. The van der Waals surface area contributed by atoms with Crippen molar-refractivity contribution in [3.63, 3.8) is 0 Å². The molecule has 27 heavy (non-hydrogen) atoms. The van der Waals surface area contributed by atoms with E-state index in [0.29, 0.717) is 17.9 Å². The number of nitrogens with one attached hydrogen (secondary N) is 1. The smallest absolute Gasteiger partial charge is 0.269 e. The van der Waals surface area contributed by atoms with Crippen molar-refractivity contribution in [3.8, 4) is 11.3 Å². The van der Waals surface area contributed by atoms with Crippen LogP contribution in [-0.4, -0.2) is 21.4 Å². The van der Waals surface area contributed by atoms with Crippen molar-refractivity contribution in [2.75, 3.05) is 23.3 Å². The molecule has 5 N–H and O–H groups in total. The highest BCUT2D eigenvalue weighted by Crippen LogP contribution is 2.30. The second kappa shape index (κ2) is 7.96. The topological polar surface area (TPSA) is 133 Å². The summed E-state index contributed by atoms with van der Waals surface area (Å²) in [6.45, 7) is 0.467. The van der Waals surface area contributed by atoms with E-state index in [4.69, 9.17) is 11.5 Å². The Labute approximate surface area is 155 Å². The van der Waals surface area contributed by atoms with Gasteiger partial charge in [0.25, 0.3) is 5.69 Å². The third-order valence-corrected chi connectivity index (χ3v) is 3.81. The van der Waals surface area contributed by atoms with Crippen LogP contribution in [0, 0.1) is 10.1 Å². The first kappa shape index (κ1) is 17.9. The molecule has 0 bridgehead atoms. The van der Waals surface area contributed by atoms with Crippen LogP contribution in [0.4, 0.5) is 23.1 Å². The largest absolute Gasteiger partial charge is 0.382 e. The van der Waals surface area contributed by atoms with Gasteiger partial charge in [0.1, 0.15) is 11.4 Å². The summed E-state index contributed by atoms with van der Waals surface area (Å²) in [4.78, 5) is 18.6. The number of non-ortho nitro benzene ring substituents is 1. The van der Waals surface area contributed by atoms with Crippen molar-refractivity contribution >= 4 is 29.2 Å². The van der Waals surface area contributed by atoms with Crippen molar-refractivity contribution in [2.45, 2.75) is 0 Å². The number of rotatable bonds is 6. The van der Waals surface area contributed by atoms with Crippen molar-refractivity contribution in [1.29, 1.82) is 0 Å². The van der Waals surface area contributed by atoms with Crippen molar-refractivity contribution in [3.05, 3.63) is 76.4 Å². The van der Waals surface area contributed by atoms with Crippen LogP contribution in [-0.2, 0) is 0 Å². The van der Waals surface area contributed by atoms with Crippen LogP contribution in [0.5, 0.6) is 0 Å². The Kier molecular flexibility index (Phi) is 5.27. The maximum absolute atomic E-state index is 10.7. The van der Waals surface area contributed by atoms with Gasteiger partial charge in [-0.1, -0.05) is 42.5 Å². The van der Waals surface area contributed by atoms with Gasteiger partial charge in [-0.3, -0.25) is 10.1 Å². The summed E-state index contributed by atoms with van der Waals surface area (Å²) < 4.78 is 0. The van der Waals surface area contributed by atoms with Crippen LogP contribution in [0.1, 0.15) is 5.56 Å². The highest BCUT2D eigenvalue weighted by molar-refractivity contribution is 5.82. The molecule has 0 aliphatic rings. The average Bonchev–Trinajstić information content (AvgIpc) is 2.67. The van der Waals surface area contributed by atoms with E-state index in [0.717, 1.165) is 11.1 Å². The Bertz CT molecular complexity index is 971. The number of hydrogen-bond acceptors (Lipinski definition) is 7. The van der Waals surface area contributed by atoms with Gasteiger partial charge in [-0.2, -0.15) is 4.98 Å². The third kappa shape index (κ3) is 4.37. The number of benzene rings is 2. The molecule has 0 radical (unpaired) electrons. The lowest BCUT2D eigenvalue weighted by Gasteiger charge is -2.13. The second-order valence-corrected chi connectivity index (χ2v) is 5.69. The molecule has 0 atom stereocenters. The summed E-state index contributed by atoms with van der Waals surface area (Å²) in [5.41, 5.74) is 14.8. The van der Waals surface area contributed by atoms with Gasteiger partial charge in [0.2, 0.25) is 5.95 Å². The minimum Gasteiger partial charge on any atom is -0.382 e. The molecular formula is C19H18N6O2. The summed E-state index contributed by atoms with van der Waals surface area (Å²) in [6, 6.07) is 15.9. The van der Waals surface area contributed by atoms with Crippen LogP contribution in [0.15, 0.2) is 60.7 Å². The fourth-order valence-electron chi connectivity index (χ4n) is 2.54. The van der Waals surface area contributed by atoms with E-state index in [9.17, 15) is 10.1 Å². The maximum atomic E-state index is 10.7. The first-order valence-electron chi connectivity index (χ1n) is 8.18. The Hall–Kier alpha value is -3.94. The zero-order valence-corrected chi connectivity index (χ0v) is 14.4. The van der Waals surface area contributed by atoms with Gasteiger partial charge < -0.3 is 16.8 Å². The van der Waals surface area contributed by atoms with Crippen LogP contribution < -0.4 is 16.8 Å². The molecule has 3 rings (SSSR count). The molecule has 0 saturated carbocycles. The third-order valence-electron chi connectivity index (χ3n) is 3.81. The van der Waals surface area contributed by atoms with E-state index in [2.05, 4.69) is 15.3 Å². The van der Waals surface area contributed by atoms with Crippen molar-refractivity contribution in [2.24, 2.45) is 0 Å². The molecule has 1 heterocycles. The molecule has 0 aliphatic carbocycles. The molecule has 0 fully saturated rings. The number of hydrogen-bond donors (Lipinski definition) is 3. The lowest BCUT2D eigenvalue weighted by molar-refractivity contribution is -0.384. The highest BCUT2D eigenvalue weighted by atomic mass is 16.6. The average molecular weight is 362 g/mol. The normalized spacial score (nSPS) is 10.8. The number of aromatic nitrogens is 2. The predicted octanol–water partition coefficient (Wildman–Crippen LogP) is 3.34. The van der Waals surface area contributed by atoms with E-state index < -0.39 is 4.92 Å². The lowest BCUT2D eigenvalue weighted by Crippen LogP contribution is -2.09. The minimum absolute atomic E-state index is 0.0598. The van der Waals surface area contributed by atoms with Crippen LogP contribution in [0.2, 0.25) is 0 Å². The van der Waals surface area contributed by atoms with E-state index >= 15 is 0 Å². The number of nitrogens with zero attached hydrogens (tertiary/aromatic N) is 3.